The highest BCUT2D eigenvalue weighted by molar-refractivity contribution is 5.86. The van der Waals surface area contributed by atoms with E-state index < -0.39 is 18.0 Å². The topological polar surface area (TPSA) is 105 Å². The first-order chi connectivity index (χ1) is 6.04. The second kappa shape index (κ2) is 3.21. The lowest BCUT2D eigenvalue weighted by Gasteiger charge is -2.06. The summed E-state index contributed by atoms with van der Waals surface area (Å²) >= 11 is 0. The van der Waals surface area contributed by atoms with E-state index in [1.807, 2.05) is 0 Å². The van der Waals surface area contributed by atoms with Crippen LogP contribution in [0, 0.1) is 0 Å². The molecule has 1 aromatic rings. The molecular weight excluding hydrogens is 178 g/mol. The van der Waals surface area contributed by atoms with Gasteiger partial charge in [0.25, 0.3) is 0 Å². The number of aromatic carboxylic acids is 1. The van der Waals surface area contributed by atoms with Crippen LogP contribution >= 0.6 is 0 Å². The quantitative estimate of drug-likeness (QED) is 0.665. The molecule has 1 heterocycles. The number of rotatable bonds is 3. The molecule has 2 N–H and O–H groups in total. The Hall–Kier alpha value is -1.92. The van der Waals surface area contributed by atoms with Crippen LogP contribution in [0.5, 0.6) is 0 Å². The zero-order valence-corrected chi connectivity index (χ0v) is 6.71. The monoisotopic (exact) mass is 185 g/mol. The van der Waals surface area contributed by atoms with Crippen molar-refractivity contribution in [2.75, 3.05) is 0 Å². The summed E-state index contributed by atoms with van der Waals surface area (Å²) in [6, 6.07) is -1.03. The van der Waals surface area contributed by atoms with Crippen LogP contribution in [0.15, 0.2) is 6.20 Å². The van der Waals surface area contributed by atoms with E-state index in [1.54, 1.807) is 0 Å². The molecule has 0 saturated carbocycles. The van der Waals surface area contributed by atoms with E-state index in [0.717, 1.165) is 10.9 Å². The molecule has 0 fully saturated rings. The van der Waals surface area contributed by atoms with E-state index in [0.29, 0.717) is 0 Å². The van der Waals surface area contributed by atoms with Crippen molar-refractivity contribution < 1.29 is 19.8 Å². The van der Waals surface area contributed by atoms with Gasteiger partial charge in [-0.1, -0.05) is 5.21 Å². The maximum Gasteiger partial charge on any atom is 0.355 e. The third-order valence-electron chi connectivity index (χ3n) is 1.52. The van der Waals surface area contributed by atoms with Crippen molar-refractivity contribution in [1.29, 1.82) is 0 Å². The molecule has 1 unspecified atom stereocenters. The molecular formula is C6H7N3O4. The molecule has 0 aromatic carbocycles. The van der Waals surface area contributed by atoms with Gasteiger partial charge in [-0.2, -0.15) is 0 Å². The minimum absolute atomic E-state index is 0.241. The normalized spacial score (nSPS) is 12.4. The highest BCUT2D eigenvalue weighted by Crippen LogP contribution is 2.07. The Balaban J connectivity index is 3.07. The second-order valence-electron chi connectivity index (χ2n) is 2.38. The summed E-state index contributed by atoms with van der Waals surface area (Å²) < 4.78 is 0.838. The van der Waals surface area contributed by atoms with Crippen molar-refractivity contribution in [3.8, 4) is 0 Å². The van der Waals surface area contributed by atoms with Crippen LogP contribution in [0.4, 0.5) is 0 Å². The first-order valence-electron chi connectivity index (χ1n) is 3.40. The van der Waals surface area contributed by atoms with Crippen LogP contribution in [-0.2, 0) is 4.79 Å². The van der Waals surface area contributed by atoms with E-state index in [9.17, 15) is 9.59 Å². The van der Waals surface area contributed by atoms with Crippen LogP contribution in [0.2, 0.25) is 0 Å². The van der Waals surface area contributed by atoms with E-state index in [4.69, 9.17) is 10.2 Å². The summed E-state index contributed by atoms with van der Waals surface area (Å²) in [6.07, 6.45) is 1.00. The molecule has 0 spiro atoms. The zero-order chi connectivity index (χ0) is 10.0. The molecule has 0 aliphatic rings. The summed E-state index contributed by atoms with van der Waals surface area (Å²) in [4.78, 5) is 21.0. The summed E-state index contributed by atoms with van der Waals surface area (Å²) in [5.41, 5.74) is -0.241. The number of carboxylic acid groups (broad SMARTS) is 2. The van der Waals surface area contributed by atoms with E-state index in [-0.39, 0.29) is 5.69 Å². The van der Waals surface area contributed by atoms with Crippen molar-refractivity contribution in [1.82, 2.24) is 15.0 Å². The number of aliphatic carboxylic acids is 1. The van der Waals surface area contributed by atoms with E-state index >= 15 is 0 Å². The molecule has 13 heavy (non-hydrogen) atoms. The maximum atomic E-state index is 10.5. The van der Waals surface area contributed by atoms with Gasteiger partial charge in [0.1, 0.15) is 6.04 Å². The van der Waals surface area contributed by atoms with Crippen molar-refractivity contribution in [3.63, 3.8) is 0 Å². The lowest BCUT2D eigenvalue weighted by Crippen LogP contribution is -2.21. The fourth-order valence-corrected chi connectivity index (χ4v) is 0.787. The van der Waals surface area contributed by atoms with Crippen LogP contribution in [0.1, 0.15) is 23.5 Å². The second-order valence-corrected chi connectivity index (χ2v) is 2.38. The number of carboxylic acids is 2. The maximum absolute atomic E-state index is 10.5. The van der Waals surface area contributed by atoms with Crippen molar-refractivity contribution in [3.05, 3.63) is 11.9 Å². The van der Waals surface area contributed by atoms with Gasteiger partial charge in [-0.25, -0.2) is 14.3 Å². The fourth-order valence-electron chi connectivity index (χ4n) is 0.787. The van der Waals surface area contributed by atoms with Crippen molar-refractivity contribution in [2.45, 2.75) is 13.0 Å². The van der Waals surface area contributed by atoms with Gasteiger partial charge in [0, 0.05) is 0 Å². The Kier molecular flexibility index (Phi) is 2.27. The summed E-state index contributed by atoms with van der Waals surface area (Å²) in [5, 5.41) is 23.8. The van der Waals surface area contributed by atoms with Gasteiger partial charge >= 0.3 is 11.9 Å². The van der Waals surface area contributed by atoms with Gasteiger partial charge in [-0.05, 0) is 6.92 Å². The van der Waals surface area contributed by atoms with Gasteiger partial charge in [0.05, 0.1) is 6.20 Å². The SMILES string of the molecule is CC(C(=O)O)n1nncc1C(=O)O. The van der Waals surface area contributed by atoms with Gasteiger partial charge < -0.3 is 10.2 Å². The standard InChI is InChI=1S/C6H7N3O4/c1-3(5(10)11)9-4(6(12)13)2-7-8-9/h2-3H,1H3,(H,10,11)(H,12,13). The Bertz CT molecular complexity index is 345. The first kappa shape index (κ1) is 9.17. The minimum Gasteiger partial charge on any atom is -0.480 e. The molecule has 7 heteroatoms. The Labute approximate surface area is 72.6 Å². The predicted molar refractivity (Wildman–Crippen MR) is 39.3 cm³/mol. The number of carbonyl (C=O) groups is 2. The summed E-state index contributed by atoms with van der Waals surface area (Å²) in [5.74, 6) is -2.41. The molecule has 7 nitrogen and oxygen atoms in total. The predicted octanol–water partition coefficient (Wildman–Crippen LogP) is -0.378. The average Bonchev–Trinajstić information content (AvgIpc) is 2.50. The van der Waals surface area contributed by atoms with Crippen LogP contribution in [0.3, 0.4) is 0 Å². The van der Waals surface area contributed by atoms with Crippen LogP contribution in [0.25, 0.3) is 0 Å². The number of hydrogen-bond donors (Lipinski definition) is 2. The number of aromatic nitrogens is 3. The third-order valence-corrected chi connectivity index (χ3v) is 1.52. The third kappa shape index (κ3) is 1.63. The highest BCUT2D eigenvalue weighted by atomic mass is 16.4. The molecule has 70 valence electrons. The van der Waals surface area contributed by atoms with E-state index in [1.165, 1.54) is 6.92 Å². The van der Waals surface area contributed by atoms with Gasteiger partial charge in [-0.15, -0.1) is 5.10 Å². The van der Waals surface area contributed by atoms with E-state index in [2.05, 4.69) is 10.3 Å². The molecule has 1 rings (SSSR count). The van der Waals surface area contributed by atoms with Crippen molar-refractivity contribution >= 4 is 11.9 Å². The average molecular weight is 185 g/mol. The molecule has 0 bridgehead atoms. The minimum atomic E-state index is -1.25. The Morgan fingerprint density at radius 2 is 2.15 bits per heavy atom. The Morgan fingerprint density at radius 3 is 2.62 bits per heavy atom. The molecule has 0 aliphatic carbocycles. The first-order valence-corrected chi connectivity index (χ1v) is 3.40. The molecule has 0 saturated heterocycles. The molecule has 0 radical (unpaired) electrons. The largest absolute Gasteiger partial charge is 0.480 e. The zero-order valence-electron chi connectivity index (χ0n) is 6.71. The number of nitrogens with zero attached hydrogens (tertiary/aromatic N) is 3. The molecule has 1 atom stereocenters. The summed E-state index contributed by atoms with van der Waals surface area (Å²) in [7, 11) is 0. The van der Waals surface area contributed by atoms with Crippen LogP contribution < -0.4 is 0 Å². The summed E-state index contributed by atoms with van der Waals surface area (Å²) in [6.45, 7) is 1.32. The Morgan fingerprint density at radius 1 is 1.54 bits per heavy atom. The number of hydrogen-bond acceptors (Lipinski definition) is 4. The van der Waals surface area contributed by atoms with Gasteiger partial charge in [0.15, 0.2) is 5.69 Å². The van der Waals surface area contributed by atoms with Crippen LogP contribution in [-0.4, -0.2) is 37.1 Å². The smallest absolute Gasteiger partial charge is 0.355 e. The van der Waals surface area contributed by atoms with Gasteiger partial charge in [-0.3, -0.25) is 0 Å². The lowest BCUT2D eigenvalue weighted by atomic mass is 10.3. The molecule has 1 aromatic heterocycles. The van der Waals surface area contributed by atoms with Crippen molar-refractivity contribution in [2.24, 2.45) is 0 Å². The fraction of sp³-hybridized carbons (Fsp3) is 0.333. The van der Waals surface area contributed by atoms with Gasteiger partial charge in [0.2, 0.25) is 0 Å². The highest BCUT2D eigenvalue weighted by Gasteiger charge is 2.21. The molecule has 0 aliphatic heterocycles. The lowest BCUT2D eigenvalue weighted by molar-refractivity contribution is -0.140. The molecule has 0 amide bonds.